The normalized spacial score (nSPS) is 10.9. The van der Waals surface area contributed by atoms with E-state index in [1.54, 1.807) is 0 Å². The molecule has 0 amide bonds. The second-order valence-electron chi connectivity index (χ2n) is 6.58. The van der Waals surface area contributed by atoms with Crippen molar-refractivity contribution in [2.45, 2.75) is 11.7 Å². The van der Waals surface area contributed by atoms with Crippen molar-refractivity contribution < 1.29 is 9.18 Å². The Morgan fingerprint density at radius 2 is 1.63 bits per heavy atom. The van der Waals surface area contributed by atoms with E-state index in [4.69, 9.17) is 11.6 Å². The number of ketones is 1. The highest BCUT2D eigenvalue weighted by Crippen LogP contribution is 2.30. The van der Waals surface area contributed by atoms with Crippen LogP contribution in [0.3, 0.4) is 0 Å². The van der Waals surface area contributed by atoms with Crippen LogP contribution in [0.1, 0.15) is 15.9 Å². The molecular formula is C23H17ClFN3OS. The number of Topliss-reactive ketones (excluding diaryl/α,β-unsaturated/α-hetero) is 1. The Morgan fingerprint density at radius 3 is 2.37 bits per heavy atom. The molecule has 1 heterocycles. The molecule has 4 nitrogen and oxygen atoms in total. The summed E-state index contributed by atoms with van der Waals surface area (Å²) in [6, 6.07) is 23.0. The molecule has 0 saturated carbocycles. The summed E-state index contributed by atoms with van der Waals surface area (Å²) >= 11 is 7.69. The van der Waals surface area contributed by atoms with Gasteiger partial charge in [0, 0.05) is 11.1 Å². The van der Waals surface area contributed by atoms with Gasteiger partial charge in [-0.1, -0.05) is 65.8 Å². The van der Waals surface area contributed by atoms with E-state index in [1.807, 2.05) is 59.2 Å². The van der Waals surface area contributed by atoms with Crippen molar-refractivity contribution >= 4 is 29.1 Å². The Hall–Kier alpha value is -2.96. The number of carbonyl (C=O) groups is 1. The summed E-state index contributed by atoms with van der Waals surface area (Å²) in [5.74, 6) is 0.335. The fourth-order valence-corrected chi connectivity index (χ4v) is 4.05. The molecule has 0 aliphatic rings. The van der Waals surface area contributed by atoms with Crippen LogP contribution in [0, 0.1) is 5.82 Å². The van der Waals surface area contributed by atoms with Gasteiger partial charge in [0.05, 0.1) is 17.3 Å². The molecule has 0 aliphatic carbocycles. The maximum atomic E-state index is 13.1. The van der Waals surface area contributed by atoms with Gasteiger partial charge in [-0.2, -0.15) is 0 Å². The average Bonchev–Trinajstić information content (AvgIpc) is 3.15. The van der Waals surface area contributed by atoms with Crippen LogP contribution in [0.4, 0.5) is 4.39 Å². The van der Waals surface area contributed by atoms with Gasteiger partial charge in [-0.3, -0.25) is 9.36 Å². The van der Waals surface area contributed by atoms with Crippen molar-refractivity contribution in [3.63, 3.8) is 0 Å². The number of nitrogens with zero attached hydrogens (tertiary/aromatic N) is 3. The molecule has 0 fully saturated rings. The summed E-state index contributed by atoms with van der Waals surface area (Å²) in [5, 5.41) is 9.86. The van der Waals surface area contributed by atoms with Crippen molar-refractivity contribution in [1.29, 1.82) is 0 Å². The molecule has 30 heavy (non-hydrogen) atoms. The first-order chi connectivity index (χ1) is 14.6. The Labute approximate surface area is 182 Å². The lowest BCUT2D eigenvalue weighted by Crippen LogP contribution is -2.07. The Morgan fingerprint density at radius 1 is 0.933 bits per heavy atom. The second-order valence-corrected chi connectivity index (χ2v) is 7.93. The minimum atomic E-state index is -0.369. The Bertz CT molecular complexity index is 1160. The fraction of sp³-hybridized carbons (Fsp3) is 0.0870. The summed E-state index contributed by atoms with van der Waals surface area (Å²) in [6.45, 7) is 0.543. The highest BCUT2D eigenvalue weighted by Gasteiger charge is 2.18. The number of rotatable bonds is 7. The molecule has 150 valence electrons. The fourth-order valence-electron chi connectivity index (χ4n) is 3.00. The molecule has 7 heteroatoms. The summed E-state index contributed by atoms with van der Waals surface area (Å²) < 4.78 is 15.1. The zero-order valence-corrected chi connectivity index (χ0v) is 17.4. The van der Waals surface area contributed by atoms with Crippen LogP contribution < -0.4 is 0 Å². The quantitative estimate of drug-likeness (QED) is 0.272. The molecule has 3 aromatic carbocycles. The van der Waals surface area contributed by atoms with Crippen molar-refractivity contribution in [3.05, 3.63) is 101 Å². The minimum absolute atomic E-state index is 0.103. The largest absolute Gasteiger partial charge is 0.297 e. The molecular weight excluding hydrogens is 421 g/mol. The van der Waals surface area contributed by atoms with Crippen molar-refractivity contribution in [3.8, 4) is 11.4 Å². The number of carbonyl (C=O) groups excluding carboxylic acids is 1. The van der Waals surface area contributed by atoms with Crippen molar-refractivity contribution in [2.24, 2.45) is 0 Å². The third kappa shape index (κ3) is 4.61. The van der Waals surface area contributed by atoms with Crippen LogP contribution in [0.15, 0.2) is 84.0 Å². The van der Waals surface area contributed by atoms with E-state index in [0.717, 1.165) is 11.1 Å². The van der Waals surface area contributed by atoms with Gasteiger partial charge < -0.3 is 0 Å². The second kappa shape index (κ2) is 9.24. The Balaban J connectivity index is 1.63. The molecule has 4 aromatic rings. The molecule has 0 saturated heterocycles. The van der Waals surface area contributed by atoms with Gasteiger partial charge >= 0.3 is 0 Å². The number of benzene rings is 3. The van der Waals surface area contributed by atoms with Crippen LogP contribution >= 0.6 is 23.4 Å². The third-order valence-corrected chi connectivity index (χ3v) is 5.81. The maximum Gasteiger partial charge on any atom is 0.192 e. The molecule has 0 radical (unpaired) electrons. The first kappa shape index (κ1) is 20.3. The number of thioether (sulfide) groups is 1. The van der Waals surface area contributed by atoms with Gasteiger partial charge in [-0.15, -0.1) is 10.2 Å². The van der Waals surface area contributed by atoms with Gasteiger partial charge in [-0.25, -0.2) is 4.39 Å². The van der Waals surface area contributed by atoms with Gasteiger partial charge in [0.15, 0.2) is 16.8 Å². The van der Waals surface area contributed by atoms with Crippen LogP contribution in [0.5, 0.6) is 0 Å². The summed E-state index contributed by atoms with van der Waals surface area (Å²) in [6.07, 6.45) is 0. The van der Waals surface area contributed by atoms with Gasteiger partial charge in [0.1, 0.15) is 5.82 Å². The van der Waals surface area contributed by atoms with E-state index in [9.17, 15) is 9.18 Å². The summed E-state index contributed by atoms with van der Waals surface area (Å²) in [4.78, 5) is 12.5. The summed E-state index contributed by atoms with van der Waals surface area (Å²) in [7, 11) is 0. The lowest BCUT2D eigenvalue weighted by atomic mass is 10.1. The highest BCUT2D eigenvalue weighted by molar-refractivity contribution is 7.99. The molecule has 0 aliphatic heterocycles. The predicted molar refractivity (Wildman–Crippen MR) is 117 cm³/mol. The summed E-state index contributed by atoms with van der Waals surface area (Å²) in [5.41, 5.74) is 2.32. The van der Waals surface area contributed by atoms with Gasteiger partial charge in [-0.05, 0) is 42.0 Å². The number of aromatic nitrogens is 3. The first-order valence-corrected chi connectivity index (χ1v) is 10.6. The minimum Gasteiger partial charge on any atom is -0.297 e. The lowest BCUT2D eigenvalue weighted by molar-refractivity contribution is 0.102. The molecule has 0 unspecified atom stereocenters. The van der Waals surface area contributed by atoms with Gasteiger partial charge in [0.25, 0.3) is 0 Å². The van der Waals surface area contributed by atoms with E-state index in [-0.39, 0.29) is 17.4 Å². The van der Waals surface area contributed by atoms with E-state index < -0.39 is 0 Å². The molecule has 4 rings (SSSR count). The smallest absolute Gasteiger partial charge is 0.192 e. The Kier molecular flexibility index (Phi) is 6.26. The zero-order valence-electron chi connectivity index (χ0n) is 15.8. The highest BCUT2D eigenvalue weighted by atomic mass is 35.5. The number of hydrogen-bond donors (Lipinski definition) is 0. The number of halogens is 2. The maximum absolute atomic E-state index is 13.1. The van der Waals surface area contributed by atoms with E-state index in [2.05, 4.69) is 10.2 Å². The van der Waals surface area contributed by atoms with E-state index >= 15 is 0 Å². The van der Waals surface area contributed by atoms with Crippen molar-refractivity contribution in [2.75, 3.05) is 5.75 Å². The van der Waals surface area contributed by atoms with Gasteiger partial charge in [0.2, 0.25) is 0 Å². The average molecular weight is 438 g/mol. The predicted octanol–water partition coefficient (Wildman–Crippen LogP) is 5.76. The zero-order chi connectivity index (χ0) is 20.9. The van der Waals surface area contributed by atoms with E-state index in [0.29, 0.717) is 28.1 Å². The SMILES string of the molecule is O=C(CSc1nnc(-c2ccccc2Cl)n1Cc1ccccc1)c1ccc(F)cc1. The number of hydrogen-bond acceptors (Lipinski definition) is 4. The van der Waals surface area contributed by atoms with Crippen LogP contribution in [0.2, 0.25) is 5.02 Å². The molecule has 0 atom stereocenters. The molecule has 1 aromatic heterocycles. The monoisotopic (exact) mass is 437 g/mol. The van der Waals surface area contributed by atoms with Crippen molar-refractivity contribution in [1.82, 2.24) is 14.8 Å². The first-order valence-electron chi connectivity index (χ1n) is 9.25. The molecule has 0 N–H and O–H groups in total. The van der Waals surface area contributed by atoms with Crippen LogP contribution in [-0.2, 0) is 6.54 Å². The third-order valence-electron chi connectivity index (χ3n) is 4.51. The van der Waals surface area contributed by atoms with Crippen LogP contribution in [-0.4, -0.2) is 26.3 Å². The molecule has 0 bridgehead atoms. The topological polar surface area (TPSA) is 47.8 Å². The van der Waals surface area contributed by atoms with E-state index in [1.165, 1.54) is 36.0 Å². The molecule has 0 spiro atoms. The standard InChI is InChI=1S/C23H17ClFN3OS/c24-20-9-5-4-8-19(20)22-26-27-23(28(22)14-16-6-2-1-3-7-16)30-15-21(29)17-10-12-18(25)13-11-17/h1-13H,14-15H2. The lowest BCUT2D eigenvalue weighted by Gasteiger charge is -2.11. The van der Waals surface area contributed by atoms with Crippen LogP contribution in [0.25, 0.3) is 11.4 Å².